The summed E-state index contributed by atoms with van der Waals surface area (Å²) in [6.45, 7) is 2.84. The lowest BCUT2D eigenvalue weighted by molar-refractivity contribution is -0.0560. The van der Waals surface area contributed by atoms with E-state index in [2.05, 4.69) is 6.92 Å². The Morgan fingerprint density at radius 2 is 1.04 bits per heavy atom. The molecule has 0 fully saturated rings. The van der Waals surface area contributed by atoms with E-state index in [1.807, 2.05) is 0 Å². The second-order valence-corrected chi connectivity index (χ2v) is 7.20. The van der Waals surface area contributed by atoms with Crippen LogP contribution in [0.1, 0.15) is 110 Å². The first-order valence-corrected chi connectivity index (χ1v) is 10.3. The van der Waals surface area contributed by atoms with Crippen molar-refractivity contribution < 1.29 is 10.2 Å². The van der Waals surface area contributed by atoms with E-state index in [0.29, 0.717) is 13.0 Å². The molecule has 0 aliphatic carbocycles. The smallest absolute Gasteiger partial charge is 0.151 e. The van der Waals surface area contributed by atoms with Crippen LogP contribution in [0.15, 0.2) is 0 Å². The van der Waals surface area contributed by atoms with Crippen molar-refractivity contribution in [2.24, 2.45) is 11.7 Å². The van der Waals surface area contributed by atoms with E-state index in [9.17, 15) is 0 Å². The van der Waals surface area contributed by atoms with Crippen molar-refractivity contribution in [2.75, 3.05) is 6.54 Å². The highest BCUT2D eigenvalue weighted by Gasteiger charge is 2.10. The fraction of sp³-hybridized carbons (Fsp3) is 1.00. The average Bonchev–Trinajstić information content (AvgIpc) is 2.53. The van der Waals surface area contributed by atoms with Crippen LogP contribution in [0.2, 0.25) is 0 Å². The Kier molecular flexibility index (Phi) is 18.1. The van der Waals surface area contributed by atoms with Gasteiger partial charge in [-0.1, -0.05) is 96.8 Å². The van der Waals surface area contributed by atoms with E-state index >= 15 is 0 Å². The quantitative estimate of drug-likeness (QED) is 0.241. The van der Waals surface area contributed by atoms with Crippen LogP contribution in [0, 0.1) is 5.92 Å². The maximum absolute atomic E-state index is 8.97. The third-order valence-corrected chi connectivity index (χ3v) is 4.84. The molecule has 1 atom stereocenters. The summed E-state index contributed by atoms with van der Waals surface area (Å²) in [5.41, 5.74) is 5.65. The number of hydrogen-bond acceptors (Lipinski definition) is 3. The van der Waals surface area contributed by atoms with E-state index in [4.69, 9.17) is 15.9 Å². The number of hydrogen-bond donors (Lipinski definition) is 3. The summed E-state index contributed by atoms with van der Waals surface area (Å²) in [5, 5.41) is 17.9. The Hall–Kier alpha value is -0.120. The van der Waals surface area contributed by atoms with Crippen molar-refractivity contribution in [3.8, 4) is 0 Å². The Morgan fingerprint density at radius 1 is 0.652 bits per heavy atom. The van der Waals surface area contributed by atoms with E-state index in [0.717, 1.165) is 6.42 Å². The third kappa shape index (κ3) is 18.1. The molecule has 0 aliphatic rings. The van der Waals surface area contributed by atoms with Gasteiger partial charge in [0.1, 0.15) is 0 Å². The molecule has 0 saturated heterocycles. The average molecular weight is 330 g/mol. The van der Waals surface area contributed by atoms with Gasteiger partial charge in [-0.15, -0.1) is 0 Å². The maximum atomic E-state index is 8.97. The molecule has 0 aromatic heterocycles. The summed E-state index contributed by atoms with van der Waals surface area (Å²) in [6.07, 6.45) is 19.5. The van der Waals surface area contributed by atoms with Crippen LogP contribution in [-0.2, 0) is 0 Å². The van der Waals surface area contributed by atoms with Gasteiger partial charge in [-0.05, 0) is 18.9 Å². The summed E-state index contributed by atoms with van der Waals surface area (Å²) in [6, 6.07) is 0. The molecular formula is C20H43NO2. The van der Waals surface area contributed by atoms with Crippen molar-refractivity contribution in [2.45, 2.75) is 116 Å². The molecule has 0 spiro atoms. The Labute approximate surface area is 145 Å². The van der Waals surface area contributed by atoms with Crippen LogP contribution in [0.3, 0.4) is 0 Å². The number of unbranched alkanes of at least 4 members (excludes halogenated alkanes) is 13. The van der Waals surface area contributed by atoms with Gasteiger partial charge in [0, 0.05) is 6.42 Å². The van der Waals surface area contributed by atoms with E-state index < -0.39 is 6.29 Å². The summed E-state index contributed by atoms with van der Waals surface area (Å²) >= 11 is 0. The molecule has 1 unspecified atom stereocenters. The number of rotatable bonds is 18. The SMILES string of the molecule is CCCCCCCCCCCCCCCCC(CN)CC(O)O. The number of aliphatic hydroxyl groups is 2. The molecule has 0 radical (unpaired) electrons. The highest BCUT2D eigenvalue weighted by Crippen LogP contribution is 2.16. The van der Waals surface area contributed by atoms with Crippen molar-refractivity contribution >= 4 is 0 Å². The zero-order valence-corrected chi connectivity index (χ0v) is 15.6. The topological polar surface area (TPSA) is 66.5 Å². The Morgan fingerprint density at radius 3 is 1.39 bits per heavy atom. The van der Waals surface area contributed by atoms with Crippen LogP contribution >= 0.6 is 0 Å². The van der Waals surface area contributed by atoms with Gasteiger partial charge in [0.25, 0.3) is 0 Å². The fourth-order valence-electron chi connectivity index (χ4n) is 3.26. The van der Waals surface area contributed by atoms with Crippen LogP contribution in [0.4, 0.5) is 0 Å². The van der Waals surface area contributed by atoms with Crippen LogP contribution < -0.4 is 5.73 Å². The molecule has 0 saturated carbocycles. The lowest BCUT2D eigenvalue weighted by Crippen LogP contribution is -2.20. The van der Waals surface area contributed by atoms with Crippen LogP contribution in [-0.4, -0.2) is 23.0 Å². The molecular weight excluding hydrogens is 286 g/mol. The predicted molar refractivity (Wildman–Crippen MR) is 100 cm³/mol. The summed E-state index contributed by atoms with van der Waals surface area (Å²) < 4.78 is 0. The summed E-state index contributed by atoms with van der Waals surface area (Å²) in [7, 11) is 0. The van der Waals surface area contributed by atoms with Crippen molar-refractivity contribution in [1.82, 2.24) is 0 Å². The molecule has 0 amide bonds. The first-order valence-electron chi connectivity index (χ1n) is 10.3. The fourth-order valence-corrected chi connectivity index (χ4v) is 3.26. The van der Waals surface area contributed by atoms with Gasteiger partial charge in [-0.25, -0.2) is 0 Å². The molecule has 23 heavy (non-hydrogen) atoms. The lowest BCUT2D eigenvalue weighted by atomic mass is 9.97. The highest BCUT2D eigenvalue weighted by atomic mass is 16.5. The lowest BCUT2D eigenvalue weighted by Gasteiger charge is -2.15. The molecule has 3 heteroatoms. The van der Waals surface area contributed by atoms with Gasteiger partial charge in [-0.2, -0.15) is 0 Å². The molecule has 0 aliphatic heterocycles. The van der Waals surface area contributed by atoms with Gasteiger partial charge >= 0.3 is 0 Å². The van der Waals surface area contributed by atoms with Crippen molar-refractivity contribution in [1.29, 1.82) is 0 Å². The van der Waals surface area contributed by atoms with Gasteiger partial charge in [0.05, 0.1) is 0 Å². The largest absolute Gasteiger partial charge is 0.368 e. The molecule has 0 aromatic carbocycles. The van der Waals surface area contributed by atoms with Gasteiger partial charge in [0.2, 0.25) is 0 Å². The Balaban J connectivity index is 3.15. The number of aliphatic hydroxyl groups excluding tert-OH is 1. The first-order chi connectivity index (χ1) is 11.2. The second kappa shape index (κ2) is 18.2. The van der Waals surface area contributed by atoms with Gasteiger partial charge in [0.15, 0.2) is 6.29 Å². The molecule has 0 aromatic rings. The normalized spacial score (nSPS) is 12.9. The monoisotopic (exact) mass is 329 g/mol. The summed E-state index contributed by atoms with van der Waals surface area (Å²) in [4.78, 5) is 0. The maximum Gasteiger partial charge on any atom is 0.151 e. The minimum atomic E-state index is -1.20. The zero-order chi connectivity index (χ0) is 17.2. The van der Waals surface area contributed by atoms with E-state index in [1.165, 1.54) is 89.9 Å². The standard InChI is InChI=1S/C20H43NO2/c1-2-3-4-5-6-7-8-9-10-11-12-13-14-15-16-19(18-21)17-20(22)23/h19-20,22-23H,2-18,21H2,1H3. The van der Waals surface area contributed by atoms with E-state index in [1.54, 1.807) is 0 Å². The minimum Gasteiger partial charge on any atom is -0.368 e. The minimum absolute atomic E-state index is 0.271. The van der Waals surface area contributed by atoms with Gasteiger partial charge in [-0.3, -0.25) is 0 Å². The molecule has 0 bridgehead atoms. The van der Waals surface area contributed by atoms with Crippen molar-refractivity contribution in [3.63, 3.8) is 0 Å². The van der Waals surface area contributed by atoms with Crippen LogP contribution in [0.25, 0.3) is 0 Å². The van der Waals surface area contributed by atoms with Crippen molar-refractivity contribution in [3.05, 3.63) is 0 Å². The third-order valence-electron chi connectivity index (χ3n) is 4.84. The molecule has 0 heterocycles. The second-order valence-electron chi connectivity index (χ2n) is 7.20. The first kappa shape index (κ1) is 22.9. The molecule has 0 rings (SSSR count). The van der Waals surface area contributed by atoms with E-state index in [-0.39, 0.29) is 5.92 Å². The highest BCUT2D eigenvalue weighted by molar-refractivity contribution is 4.61. The Bertz CT molecular complexity index is 222. The van der Waals surface area contributed by atoms with Crippen LogP contribution in [0.5, 0.6) is 0 Å². The summed E-state index contributed by atoms with van der Waals surface area (Å²) in [5.74, 6) is 0.271. The van der Waals surface area contributed by atoms with Gasteiger partial charge < -0.3 is 15.9 Å². The molecule has 3 nitrogen and oxygen atoms in total. The molecule has 4 N–H and O–H groups in total. The number of nitrogens with two attached hydrogens (primary N) is 1. The zero-order valence-electron chi connectivity index (χ0n) is 15.6. The molecule has 140 valence electrons. The predicted octanol–water partition coefficient (Wildman–Crippen LogP) is 5.13.